The molecule has 0 radical (unpaired) electrons. The molecule has 0 bridgehead atoms. The Labute approximate surface area is 116 Å². The highest BCUT2D eigenvalue weighted by Crippen LogP contribution is 2.22. The maximum absolute atomic E-state index is 9.39. The van der Waals surface area contributed by atoms with Gasteiger partial charge < -0.3 is 10.3 Å². The van der Waals surface area contributed by atoms with Crippen LogP contribution in [0.15, 0.2) is 71.9 Å². The van der Waals surface area contributed by atoms with E-state index < -0.39 is 0 Å². The summed E-state index contributed by atoms with van der Waals surface area (Å²) in [6.07, 6.45) is 0. The minimum Gasteiger partial charge on any atom is -0.508 e. The zero-order valence-electron chi connectivity index (χ0n) is 10.7. The number of phenols is 1. The summed E-state index contributed by atoms with van der Waals surface area (Å²) in [4.78, 5) is 0. The fourth-order valence-corrected chi connectivity index (χ4v) is 2.32. The summed E-state index contributed by atoms with van der Waals surface area (Å²) in [6, 6.07) is 20.4. The van der Waals surface area contributed by atoms with Gasteiger partial charge >= 0.3 is 0 Å². The fraction of sp³-hybridized carbons (Fsp3) is 0. The summed E-state index contributed by atoms with van der Waals surface area (Å²) in [5.41, 5.74) is 2.10. The van der Waals surface area contributed by atoms with Gasteiger partial charge in [-0.2, -0.15) is 0 Å². The minimum absolute atomic E-state index is 0.184. The molecule has 0 atom stereocenters. The number of phenolic OH excluding ortho intramolecular Hbond substituents is 1. The molecule has 2 N–H and O–H groups in total. The molecule has 0 saturated carbocycles. The highest BCUT2D eigenvalue weighted by Gasteiger charge is 2.11. The molecule has 20 heavy (non-hydrogen) atoms. The Morgan fingerprint density at radius 2 is 1.50 bits per heavy atom. The molecule has 3 nitrogen and oxygen atoms in total. The fourth-order valence-electron chi connectivity index (χ4n) is 2.32. The molecular formula is C17H13NO2. The van der Waals surface area contributed by atoms with Crippen molar-refractivity contribution in [3.8, 4) is 5.75 Å². The van der Waals surface area contributed by atoms with E-state index in [-0.39, 0.29) is 5.75 Å². The molecule has 98 valence electrons. The summed E-state index contributed by atoms with van der Waals surface area (Å²) in [5, 5.41) is 24.3. The molecule has 0 spiro atoms. The maximum Gasteiger partial charge on any atom is 0.117 e. The predicted molar refractivity (Wildman–Crippen MR) is 79.5 cm³/mol. The zero-order chi connectivity index (χ0) is 13.9. The van der Waals surface area contributed by atoms with Gasteiger partial charge in [-0.1, -0.05) is 47.6 Å². The Bertz CT molecular complexity index is 771. The van der Waals surface area contributed by atoms with Gasteiger partial charge in [0.05, 0.1) is 0 Å². The lowest BCUT2D eigenvalue weighted by molar-refractivity contribution is 0.319. The first kappa shape index (κ1) is 12.2. The van der Waals surface area contributed by atoms with Crippen LogP contribution in [-0.4, -0.2) is 16.0 Å². The quantitative estimate of drug-likeness (QED) is 0.420. The minimum atomic E-state index is 0.184. The Hall–Kier alpha value is -2.81. The molecule has 0 fully saturated rings. The second-order valence-corrected chi connectivity index (χ2v) is 4.52. The van der Waals surface area contributed by atoms with Gasteiger partial charge in [0.1, 0.15) is 11.5 Å². The summed E-state index contributed by atoms with van der Waals surface area (Å²) in [6.45, 7) is 0. The SMILES string of the molecule is ON=C(c1ccc(O)cc1)c1cccc2ccccc12. The molecule has 0 aliphatic heterocycles. The lowest BCUT2D eigenvalue weighted by Gasteiger charge is -2.09. The Morgan fingerprint density at radius 1 is 0.800 bits per heavy atom. The van der Waals surface area contributed by atoms with Crippen molar-refractivity contribution >= 4 is 16.5 Å². The van der Waals surface area contributed by atoms with E-state index in [4.69, 9.17) is 0 Å². The highest BCUT2D eigenvalue weighted by atomic mass is 16.4. The van der Waals surface area contributed by atoms with Crippen molar-refractivity contribution in [2.75, 3.05) is 0 Å². The molecule has 0 heterocycles. The number of benzene rings is 3. The van der Waals surface area contributed by atoms with Gasteiger partial charge in [-0.15, -0.1) is 0 Å². The van der Waals surface area contributed by atoms with Crippen LogP contribution in [-0.2, 0) is 0 Å². The number of nitrogens with zero attached hydrogens (tertiary/aromatic N) is 1. The molecule has 3 aromatic carbocycles. The van der Waals surface area contributed by atoms with Crippen molar-refractivity contribution in [1.29, 1.82) is 0 Å². The third-order valence-corrected chi connectivity index (χ3v) is 3.29. The van der Waals surface area contributed by atoms with E-state index in [9.17, 15) is 10.3 Å². The lowest BCUT2D eigenvalue weighted by atomic mass is 9.96. The standard InChI is InChI=1S/C17H13NO2/c19-14-10-8-13(9-11-14)17(18-20)16-7-3-5-12-4-1-2-6-15(12)16/h1-11,19-20H. The summed E-state index contributed by atoms with van der Waals surface area (Å²) in [5.74, 6) is 0.184. The molecule has 3 heteroatoms. The first-order valence-electron chi connectivity index (χ1n) is 6.29. The highest BCUT2D eigenvalue weighted by molar-refractivity contribution is 6.19. The predicted octanol–water partition coefficient (Wildman–Crippen LogP) is 3.77. The van der Waals surface area contributed by atoms with Crippen LogP contribution < -0.4 is 0 Å². The molecule has 0 unspecified atom stereocenters. The molecule has 3 rings (SSSR count). The molecule has 0 aliphatic carbocycles. The van der Waals surface area contributed by atoms with Gasteiger partial charge in [0.25, 0.3) is 0 Å². The van der Waals surface area contributed by atoms with Gasteiger partial charge in [0.15, 0.2) is 0 Å². The Kier molecular flexibility index (Phi) is 3.09. The summed E-state index contributed by atoms with van der Waals surface area (Å²) in [7, 11) is 0. The van der Waals surface area contributed by atoms with Crippen molar-refractivity contribution < 1.29 is 10.3 Å². The summed E-state index contributed by atoms with van der Waals surface area (Å²) < 4.78 is 0. The van der Waals surface area contributed by atoms with Gasteiger partial charge in [0.2, 0.25) is 0 Å². The zero-order valence-corrected chi connectivity index (χ0v) is 10.7. The second kappa shape index (κ2) is 5.05. The first-order valence-corrected chi connectivity index (χ1v) is 6.29. The number of hydrogen-bond acceptors (Lipinski definition) is 3. The van der Waals surface area contributed by atoms with Gasteiger partial charge in [-0.3, -0.25) is 0 Å². The van der Waals surface area contributed by atoms with Crippen LogP contribution in [0.3, 0.4) is 0 Å². The van der Waals surface area contributed by atoms with Crippen molar-refractivity contribution in [3.63, 3.8) is 0 Å². The normalized spacial score (nSPS) is 11.7. The second-order valence-electron chi connectivity index (χ2n) is 4.52. The Balaban J connectivity index is 2.20. The number of oxime groups is 1. The van der Waals surface area contributed by atoms with E-state index in [1.54, 1.807) is 24.3 Å². The third-order valence-electron chi connectivity index (χ3n) is 3.29. The molecule has 3 aromatic rings. The topological polar surface area (TPSA) is 52.8 Å². The molecule has 0 aliphatic rings. The number of hydrogen-bond donors (Lipinski definition) is 2. The van der Waals surface area contributed by atoms with E-state index in [2.05, 4.69) is 5.16 Å². The van der Waals surface area contributed by atoms with Crippen LogP contribution in [0.5, 0.6) is 5.75 Å². The van der Waals surface area contributed by atoms with E-state index >= 15 is 0 Å². The van der Waals surface area contributed by atoms with Gasteiger partial charge in [-0.05, 0) is 35.0 Å². The van der Waals surface area contributed by atoms with Crippen molar-refractivity contribution in [3.05, 3.63) is 77.9 Å². The molecule has 0 aromatic heterocycles. The van der Waals surface area contributed by atoms with Crippen LogP contribution in [0, 0.1) is 0 Å². The monoisotopic (exact) mass is 263 g/mol. The first-order chi connectivity index (χ1) is 9.79. The Morgan fingerprint density at radius 3 is 2.25 bits per heavy atom. The average molecular weight is 263 g/mol. The van der Waals surface area contributed by atoms with E-state index in [1.165, 1.54) is 0 Å². The van der Waals surface area contributed by atoms with Crippen molar-refractivity contribution in [2.45, 2.75) is 0 Å². The van der Waals surface area contributed by atoms with Crippen molar-refractivity contribution in [2.24, 2.45) is 5.16 Å². The maximum atomic E-state index is 9.39. The molecular weight excluding hydrogens is 250 g/mol. The van der Waals surface area contributed by atoms with Crippen LogP contribution in [0.1, 0.15) is 11.1 Å². The van der Waals surface area contributed by atoms with Crippen LogP contribution >= 0.6 is 0 Å². The van der Waals surface area contributed by atoms with Crippen molar-refractivity contribution in [1.82, 2.24) is 0 Å². The molecule has 0 amide bonds. The van der Waals surface area contributed by atoms with Crippen LogP contribution in [0.4, 0.5) is 0 Å². The van der Waals surface area contributed by atoms with Gasteiger partial charge in [-0.25, -0.2) is 0 Å². The van der Waals surface area contributed by atoms with Gasteiger partial charge in [0, 0.05) is 11.1 Å². The van der Waals surface area contributed by atoms with E-state index in [0.29, 0.717) is 5.71 Å². The molecule has 0 saturated heterocycles. The largest absolute Gasteiger partial charge is 0.508 e. The number of rotatable bonds is 2. The number of aromatic hydroxyl groups is 1. The average Bonchev–Trinajstić information content (AvgIpc) is 2.50. The number of fused-ring (bicyclic) bond motifs is 1. The van der Waals surface area contributed by atoms with Crippen LogP contribution in [0.25, 0.3) is 10.8 Å². The summed E-state index contributed by atoms with van der Waals surface area (Å²) >= 11 is 0. The smallest absolute Gasteiger partial charge is 0.117 e. The van der Waals surface area contributed by atoms with E-state index in [1.807, 2.05) is 42.5 Å². The van der Waals surface area contributed by atoms with Crippen LogP contribution in [0.2, 0.25) is 0 Å². The lowest BCUT2D eigenvalue weighted by Crippen LogP contribution is -2.03. The van der Waals surface area contributed by atoms with E-state index in [0.717, 1.165) is 21.9 Å². The third kappa shape index (κ3) is 2.10.